The molecule has 2 N–H and O–H groups in total. The van der Waals surface area contributed by atoms with Crippen LogP contribution in [0.2, 0.25) is 0 Å². The number of carbonyl (C=O) groups excluding carboxylic acids is 1. The monoisotopic (exact) mass is 572 g/mol. The number of alkyl halides is 6. The molecule has 0 unspecified atom stereocenters. The van der Waals surface area contributed by atoms with Crippen LogP contribution in [-0.4, -0.2) is 58.1 Å². The van der Waals surface area contributed by atoms with Gasteiger partial charge < -0.3 is 15.2 Å². The summed E-state index contributed by atoms with van der Waals surface area (Å²) in [7, 11) is -3.16. The lowest BCUT2D eigenvalue weighted by molar-refractivity contribution is -0.376. The minimum absolute atomic E-state index is 0.0403. The molecule has 1 atom stereocenters. The molecule has 38 heavy (non-hydrogen) atoms. The maximum Gasteiger partial charge on any atom is 0.430 e. The minimum Gasteiger partial charge on any atom is -0.384 e. The van der Waals surface area contributed by atoms with Crippen LogP contribution < -0.4 is 9.62 Å². The largest absolute Gasteiger partial charge is 0.430 e. The summed E-state index contributed by atoms with van der Waals surface area (Å²) in [6.07, 6.45) is -12.5. The molecular formula is C23H23F7N2O5S. The summed E-state index contributed by atoms with van der Waals surface area (Å²) in [6, 6.07) is 4.22. The fourth-order valence-electron chi connectivity index (χ4n) is 4.10. The number of benzene rings is 2. The maximum atomic E-state index is 13.6. The van der Waals surface area contributed by atoms with E-state index >= 15 is 0 Å². The van der Waals surface area contributed by atoms with Crippen molar-refractivity contribution in [2.45, 2.75) is 48.2 Å². The Morgan fingerprint density at radius 1 is 1.08 bits per heavy atom. The number of amides is 1. The molecule has 2 aromatic rings. The first-order valence-electron chi connectivity index (χ1n) is 11.1. The summed E-state index contributed by atoms with van der Waals surface area (Å²) >= 11 is 0. The average Bonchev–Trinajstić information content (AvgIpc) is 2.83. The molecule has 0 spiro atoms. The fourth-order valence-corrected chi connectivity index (χ4v) is 5.81. The van der Waals surface area contributed by atoms with Gasteiger partial charge in [-0.3, -0.25) is 9.10 Å². The number of methoxy groups -OCH3 is 1. The number of ether oxygens (including phenoxy) is 1. The molecule has 210 valence electrons. The highest BCUT2D eigenvalue weighted by molar-refractivity contribution is 7.92. The molecule has 1 aliphatic rings. The summed E-state index contributed by atoms with van der Waals surface area (Å²) < 4.78 is 127. The van der Waals surface area contributed by atoms with Crippen LogP contribution in [0.3, 0.4) is 0 Å². The third-order valence-corrected chi connectivity index (χ3v) is 7.95. The van der Waals surface area contributed by atoms with Gasteiger partial charge in [-0.15, -0.1) is 0 Å². The van der Waals surface area contributed by atoms with Crippen LogP contribution in [-0.2, 0) is 31.6 Å². The SMILES string of the molecule is COCCC(=O)NC[C@@H]1CCc2cc(C(O)(C(F)(F)F)C(F)(F)F)ccc2N1S(=O)(=O)c1ccc(F)cc1. The molecule has 0 saturated carbocycles. The Balaban J connectivity index is 2.10. The second-order valence-electron chi connectivity index (χ2n) is 8.54. The highest BCUT2D eigenvalue weighted by Gasteiger charge is 2.71. The average molecular weight is 572 g/mol. The number of rotatable bonds is 8. The van der Waals surface area contributed by atoms with Crippen molar-refractivity contribution in [3.63, 3.8) is 0 Å². The molecule has 7 nitrogen and oxygen atoms in total. The summed E-state index contributed by atoms with van der Waals surface area (Å²) in [4.78, 5) is 11.7. The topological polar surface area (TPSA) is 95.9 Å². The Hall–Kier alpha value is -2.91. The van der Waals surface area contributed by atoms with Gasteiger partial charge in [-0.2, -0.15) is 26.3 Å². The van der Waals surface area contributed by atoms with Crippen molar-refractivity contribution in [1.82, 2.24) is 5.32 Å². The first kappa shape index (κ1) is 29.6. The van der Waals surface area contributed by atoms with Crippen molar-refractivity contribution in [3.8, 4) is 0 Å². The Kier molecular flexibility index (Phi) is 8.34. The highest BCUT2D eigenvalue weighted by Crippen LogP contribution is 2.51. The van der Waals surface area contributed by atoms with E-state index in [-0.39, 0.29) is 43.7 Å². The second kappa shape index (κ2) is 10.7. The third-order valence-electron chi connectivity index (χ3n) is 6.07. The molecule has 1 amide bonds. The molecule has 0 bridgehead atoms. The molecule has 0 radical (unpaired) electrons. The number of aliphatic hydroxyl groups is 1. The first-order chi connectivity index (χ1) is 17.5. The van der Waals surface area contributed by atoms with Gasteiger partial charge in [0.25, 0.3) is 15.6 Å². The number of hydrogen-bond donors (Lipinski definition) is 2. The second-order valence-corrected chi connectivity index (χ2v) is 10.4. The lowest BCUT2D eigenvalue weighted by Gasteiger charge is -2.39. The van der Waals surface area contributed by atoms with E-state index in [0.29, 0.717) is 12.1 Å². The molecule has 0 aliphatic carbocycles. The van der Waals surface area contributed by atoms with Crippen molar-refractivity contribution in [3.05, 3.63) is 59.4 Å². The number of fused-ring (bicyclic) bond motifs is 1. The molecule has 0 saturated heterocycles. The van der Waals surface area contributed by atoms with E-state index in [1.165, 1.54) is 7.11 Å². The number of sulfonamides is 1. The van der Waals surface area contributed by atoms with Gasteiger partial charge >= 0.3 is 12.4 Å². The number of anilines is 1. The number of carbonyl (C=O) groups is 1. The Bertz CT molecular complexity index is 1250. The number of nitrogens with zero attached hydrogens (tertiary/aromatic N) is 1. The van der Waals surface area contributed by atoms with Gasteiger partial charge in [-0.1, -0.05) is 12.1 Å². The third kappa shape index (κ3) is 5.59. The minimum atomic E-state index is -6.12. The number of nitrogens with one attached hydrogen (secondary N) is 1. The lowest BCUT2D eigenvalue weighted by Crippen LogP contribution is -2.54. The van der Waals surface area contributed by atoms with Crippen LogP contribution >= 0.6 is 0 Å². The Morgan fingerprint density at radius 2 is 1.68 bits per heavy atom. The molecule has 15 heteroatoms. The molecule has 2 aromatic carbocycles. The number of aryl methyl sites for hydroxylation is 1. The normalized spacial score (nSPS) is 16.8. The van der Waals surface area contributed by atoms with Gasteiger partial charge in [-0.25, -0.2) is 12.8 Å². The van der Waals surface area contributed by atoms with E-state index in [2.05, 4.69) is 5.32 Å². The van der Waals surface area contributed by atoms with Gasteiger partial charge in [0.05, 0.1) is 23.2 Å². The summed E-state index contributed by atoms with van der Waals surface area (Å²) in [5.74, 6) is -1.22. The predicted octanol–water partition coefficient (Wildman–Crippen LogP) is 3.80. The standard InChI is InChI=1S/C23H23F7N2O5S/c1-37-11-10-20(33)31-13-17-6-2-14-12-15(21(34,22(25,26)27)23(28,29)30)3-9-19(14)32(17)38(35,36)18-7-4-16(24)5-8-18/h3-5,7-9,12,17,34H,2,6,10-11,13H2,1H3,(H,31,33)/t17-/m0/s1. The molecular weight excluding hydrogens is 549 g/mol. The van der Waals surface area contributed by atoms with Gasteiger partial charge in [-0.05, 0) is 48.7 Å². The fraction of sp³-hybridized carbons (Fsp3) is 0.435. The van der Waals surface area contributed by atoms with Gasteiger partial charge in [0.1, 0.15) is 5.82 Å². The van der Waals surface area contributed by atoms with E-state index in [4.69, 9.17) is 4.74 Å². The maximum absolute atomic E-state index is 13.6. The zero-order chi connectivity index (χ0) is 28.5. The zero-order valence-electron chi connectivity index (χ0n) is 19.7. The smallest absolute Gasteiger partial charge is 0.384 e. The zero-order valence-corrected chi connectivity index (χ0v) is 20.6. The van der Waals surface area contributed by atoms with E-state index in [9.17, 15) is 49.1 Å². The van der Waals surface area contributed by atoms with Crippen LogP contribution in [0.15, 0.2) is 47.4 Å². The number of hydrogen-bond acceptors (Lipinski definition) is 5. The van der Waals surface area contributed by atoms with Crippen molar-refractivity contribution in [2.24, 2.45) is 0 Å². The van der Waals surface area contributed by atoms with Crippen molar-refractivity contribution in [1.29, 1.82) is 0 Å². The summed E-state index contributed by atoms with van der Waals surface area (Å²) in [5, 5.41) is 12.3. The molecule has 3 rings (SSSR count). The Morgan fingerprint density at radius 3 is 2.24 bits per heavy atom. The van der Waals surface area contributed by atoms with Crippen LogP contribution in [0, 0.1) is 5.82 Å². The lowest BCUT2D eigenvalue weighted by atomic mass is 9.88. The van der Waals surface area contributed by atoms with E-state index < -0.39 is 56.2 Å². The van der Waals surface area contributed by atoms with E-state index in [1.807, 2.05) is 0 Å². The van der Waals surface area contributed by atoms with Crippen LogP contribution in [0.1, 0.15) is 24.0 Å². The molecule has 0 aromatic heterocycles. The van der Waals surface area contributed by atoms with Crippen LogP contribution in [0.25, 0.3) is 0 Å². The highest BCUT2D eigenvalue weighted by atomic mass is 32.2. The van der Waals surface area contributed by atoms with Crippen molar-refractivity contribution < 1.29 is 53.8 Å². The summed E-state index contributed by atoms with van der Waals surface area (Å²) in [5.41, 5.74) is -7.17. The summed E-state index contributed by atoms with van der Waals surface area (Å²) in [6.45, 7) is -0.153. The van der Waals surface area contributed by atoms with Crippen LogP contribution in [0.4, 0.5) is 36.4 Å². The van der Waals surface area contributed by atoms with Gasteiger partial charge in [0.2, 0.25) is 5.91 Å². The van der Waals surface area contributed by atoms with Gasteiger partial charge in [0.15, 0.2) is 0 Å². The van der Waals surface area contributed by atoms with E-state index in [0.717, 1.165) is 34.6 Å². The van der Waals surface area contributed by atoms with E-state index in [1.54, 1.807) is 0 Å². The van der Waals surface area contributed by atoms with Crippen molar-refractivity contribution in [2.75, 3.05) is 24.6 Å². The van der Waals surface area contributed by atoms with Crippen molar-refractivity contribution >= 4 is 21.6 Å². The van der Waals surface area contributed by atoms with Crippen LogP contribution in [0.5, 0.6) is 0 Å². The number of halogens is 7. The first-order valence-corrected chi connectivity index (χ1v) is 12.5. The van der Waals surface area contributed by atoms with Gasteiger partial charge in [0, 0.05) is 25.6 Å². The predicted molar refractivity (Wildman–Crippen MR) is 120 cm³/mol. The quantitative estimate of drug-likeness (QED) is 0.470. The molecule has 0 fully saturated rings. The molecule has 1 heterocycles. The Labute approximate surface area is 213 Å². The molecule has 1 aliphatic heterocycles.